The molecule has 2 aromatic rings. The Morgan fingerprint density at radius 3 is 2.42 bits per heavy atom. The molecular formula is C18H24FN3O3S. The van der Waals surface area contributed by atoms with Crippen molar-refractivity contribution in [2.24, 2.45) is 0 Å². The van der Waals surface area contributed by atoms with Crippen LogP contribution in [0.25, 0.3) is 10.2 Å². The number of aliphatic hydroxyl groups is 3. The number of halogens is 1. The normalized spacial score (nSPS) is 30.0. The minimum atomic E-state index is -1.35. The molecule has 1 aromatic carbocycles. The molecular weight excluding hydrogens is 357 g/mol. The number of nitrogens with zero attached hydrogens (tertiary/aromatic N) is 3. The lowest BCUT2D eigenvalue weighted by molar-refractivity contribution is -0.118. The van der Waals surface area contributed by atoms with Gasteiger partial charge in [0.2, 0.25) is 0 Å². The first-order chi connectivity index (χ1) is 12.4. The molecule has 1 aromatic heterocycles. The summed E-state index contributed by atoms with van der Waals surface area (Å²) in [6.45, 7) is 1.73. The van der Waals surface area contributed by atoms with Gasteiger partial charge in [-0.25, -0.2) is 9.37 Å². The number of piperidine rings is 2. The predicted molar refractivity (Wildman–Crippen MR) is 99.4 cm³/mol. The zero-order valence-electron chi connectivity index (χ0n) is 14.5. The summed E-state index contributed by atoms with van der Waals surface area (Å²) in [6.07, 6.45) is -2.46. The number of aliphatic hydroxyl groups excluding tert-OH is 3. The maximum atomic E-state index is 15.3. The molecule has 2 fully saturated rings. The second-order valence-corrected chi connectivity index (χ2v) is 8.43. The number of β-amino-alcohol motifs (C(OH)–C–C–N with tert-alkyl or cyclic N) is 2. The molecule has 2 aliphatic rings. The van der Waals surface area contributed by atoms with Crippen molar-refractivity contribution >= 4 is 26.7 Å². The number of fused-ring (bicyclic) bond motifs is 1. The van der Waals surface area contributed by atoms with E-state index in [1.807, 2.05) is 24.3 Å². The second-order valence-electron chi connectivity index (χ2n) is 7.42. The van der Waals surface area contributed by atoms with Gasteiger partial charge in [-0.3, -0.25) is 4.90 Å². The Morgan fingerprint density at radius 2 is 1.77 bits per heavy atom. The molecule has 0 unspecified atom stereocenters. The van der Waals surface area contributed by atoms with Crippen LogP contribution in [-0.2, 0) is 0 Å². The highest BCUT2D eigenvalue weighted by molar-refractivity contribution is 7.22. The van der Waals surface area contributed by atoms with E-state index in [4.69, 9.17) is 0 Å². The van der Waals surface area contributed by atoms with Crippen LogP contribution in [0.3, 0.4) is 0 Å². The molecule has 3 atom stereocenters. The third kappa shape index (κ3) is 3.57. The van der Waals surface area contributed by atoms with Gasteiger partial charge in [0.1, 0.15) is 11.8 Å². The van der Waals surface area contributed by atoms with Crippen molar-refractivity contribution in [1.82, 2.24) is 9.88 Å². The van der Waals surface area contributed by atoms with E-state index in [1.54, 1.807) is 16.2 Å². The summed E-state index contributed by atoms with van der Waals surface area (Å²) in [7, 11) is 0. The average Bonchev–Trinajstić information content (AvgIpc) is 3.04. The van der Waals surface area contributed by atoms with Crippen molar-refractivity contribution in [3.05, 3.63) is 24.3 Å². The highest BCUT2D eigenvalue weighted by atomic mass is 32.1. The van der Waals surface area contributed by atoms with Crippen LogP contribution in [-0.4, -0.2) is 81.9 Å². The van der Waals surface area contributed by atoms with Gasteiger partial charge < -0.3 is 20.2 Å². The molecule has 0 radical (unpaired) electrons. The highest BCUT2D eigenvalue weighted by Gasteiger charge is 2.41. The van der Waals surface area contributed by atoms with E-state index >= 15 is 4.39 Å². The summed E-state index contributed by atoms with van der Waals surface area (Å²) in [6, 6.07) is 7.99. The van der Waals surface area contributed by atoms with Gasteiger partial charge in [-0.05, 0) is 12.1 Å². The largest absolute Gasteiger partial charge is 0.389 e. The molecule has 2 saturated heterocycles. The minimum absolute atomic E-state index is 0.168. The Hall–Kier alpha value is -1.32. The molecule has 0 saturated carbocycles. The number of anilines is 1. The Morgan fingerprint density at radius 1 is 1.12 bits per heavy atom. The number of likely N-dealkylation sites (tertiary alicyclic amines) is 1. The van der Waals surface area contributed by atoms with Gasteiger partial charge in [0, 0.05) is 45.6 Å². The number of benzene rings is 1. The number of hydrogen-bond acceptors (Lipinski definition) is 7. The third-order valence-electron chi connectivity index (χ3n) is 5.40. The molecule has 4 rings (SSSR count). The van der Waals surface area contributed by atoms with Crippen molar-refractivity contribution in [2.75, 3.05) is 37.6 Å². The zero-order chi connectivity index (χ0) is 18.3. The van der Waals surface area contributed by atoms with Gasteiger partial charge in [-0.15, -0.1) is 0 Å². The molecule has 142 valence electrons. The van der Waals surface area contributed by atoms with Crippen LogP contribution in [0.15, 0.2) is 24.3 Å². The lowest BCUT2D eigenvalue weighted by Crippen LogP contribution is -2.58. The Bertz CT molecular complexity index is 720. The first-order valence-corrected chi connectivity index (χ1v) is 9.81. The molecule has 6 nitrogen and oxygen atoms in total. The lowest BCUT2D eigenvalue weighted by Gasteiger charge is -2.42. The number of alkyl halides is 1. The monoisotopic (exact) mass is 381 g/mol. The van der Waals surface area contributed by atoms with Gasteiger partial charge >= 0.3 is 0 Å². The fraction of sp³-hybridized carbons (Fsp3) is 0.611. The Labute approximate surface area is 155 Å². The fourth-order valence-corrected chi connectivity index (χ4v) is 4.88. The molecule has 0 bridgehead atoms. The average molecular weight is 381 g/mol. The molecule has 0 spiro atoms. The van der Waals surface area contributed by atoms with Gasteiger partial charge in [0.05, 0.1) is 22.4 Å². The second kappa shape index (κ2) is 7.01. The first kappa shape index (κ1) is 18.1. The quantitative estimate of drug-likeness (QED) is 0.736. The van der Waals surface area contributed by atoms with Crippen LogP contribution in [0.1, 0.15) is 12.8 Å². The number of para-hydroxylation sites is 1. The summed E-state index contributed by atoms with van der Waals surface area (Å²) in [5, 5.41) is 30.2. The Balaban J connectivity index is 1.37. The Kier molecular flexibility index (Phi) is 4.87. The minimum Gasteiger partial charge on any atom is -0.389 e. The molecule has 26 heavy (non-hydrogen) atoms. The van der Waals surface area contributed by atoms with E-state index in [0.717, 1.165) is 15.3 Å². The number of aromatic nitrogens is 1. The lowest BCUT2D eigenvalue weighted by atomic mass is 9.91. The number of hydrogen-bond donors (Lipinski definition) is 3. The summed E-state index contributed by atoms with van der Waals surface area (Å²) < 4.78 is 16.4. The molecule has 3 N–H and O–H groups in total. The first-order valence-electron chi connectivity index (χ1n) is 8.99. The van der Waals surface area contributed by atoms with Gasteiger partial charge in [0.25, 0.3) is 0 Å². The van der Waals surface area contributed by atoms with E-state index in [0.29, 0.717) is 25.9 Å². The summed E-state index contributed by atoms with van der Waals surface area (Å²) >= 11 is 1.63. The van der Waals surface area contributed by atoms with Crippen molar-refractivity contribution in [3.63, 3.8) is 0 Å². The van der Waals surface area contributed by atoms with Crippen molar-refractivity contribution in [1.29, 1.82) is 0 Å². The van der Waals surface area contributed by atoms with Crippen molar-refractivity contribution in [3.8, 4) is 0 Å². The SMILES string of the molecule is O[C@H]1[C@H](O)CN(CC2(F)CCN(c3nc4ccccc4s3)CC2)C[C@@H]1O. The van der Waals surface area contributed by atoms with Crippen LogP contribution in [0, 0.1) is 0 Å². The smallest absolute Gasteiger partial charge is 0.186 e. The fourth-order valence-electron chi connectivity index (χ4n) is 3.86. The number of thiazole rings is 1. The maximum absolute atomic E-state index is 15.3. The van der Waals surface area contributed by atoms with Crippen molar-refractivity contribution < 1.29 is 19.7 Å². The van der Waals surface area contributed by atoms with E-state index in [1.165, 1.54) is 0 Å². The van der Waals surface area contributed by atoms with Crippen LogP contribution in [0.5, 0.6) is 0 Å². The number of rotatable bonds is 3. The topological polar surface area (TPSA) is 80.1 Å². The van der Waals surface area contributed by atoms with Crippen LogP contribution in [0.2, 0.25) is 0 Å². The summed E-state index contributed by atoms with van der Waals surface area (Å²) in [5.41, 5.74) is -0.381. The maximum Gasteiger partial charge on any atom is 0.186 e. The van der Waals surface area contributed by atoms with Gasteiger partial charge in [0.15, 0.2) is 5.13 Å². The van der Waals surface area contributed by atoms with E-state index in [9.17, 15) is 15.3 Å². The third-order valence-corrected chi connectivity index (χ3v) is 6.50. The summed E-state index contributed by atoms with van der Waals surface area (Å²) in [5.74, 6) is 0. The summed E-state index contributed by atoms with van der Waals surface area (Å²) in [4.78, 5) is 8.49. The molecule has 0 aliphatic carbocycles. The van der Waals surface area contributed by atoms with E-state index in [-0.39, 0.29) is 19.6 Å². The molecule has 8 heteroatoms. The van der Waals surface area contributed by atoms with Crippen LogP contribution >= 0.6 is 11.3 Å². The highest BCUT2D eigenvalue weighted by Crippen LogP contribution is 2.34. The standard InChI is InChI=1S/C18H24FN3O3S/c19-18(11-21-9-13(23)16(25)14(24)10-21)5-7-22(8-6-18)17-20-12-3-1-2-4-15(12)26-17/h1-4,13-14,16,23-25H,5-11H2/t13-,14+,16+. The van der Waals surface area contributed by atoms with E-state index < -0.39 is 24.0 Å². The van der Waals surface area contributed by atoms with Crippen LogP contribution < -0.4 is 4.90 Å². The zero-order valence-corrected chi connectivity index (χ0v) is 15.3. The predicted octanol–water partition coefficient (Wildman–Crippen LogP) is 1.00. The van der Waals surface area contributed by atoms with E-state index in [2.05, 4.69) is 9.88 Å². The molecule has 0 amide bonds. The van der Waals surface area contributed by atoms with Crippen LogP contribution in [0.4, 0.5) is 9.52 Å². The van der Waals surface area contributed by atoms with Gasteiger partial charge in [-0.1, -0.05) is 23.5 Å². The molecule has 2 aliphatic heterocycles. The molecule has 3 heterocycles. The van der Waals surface area contributed by atoms with Crippen molar-refractivity contribution in [2.45, 2.75) is 36.8 Å². The van der Waals surface area contributed by atoms with Gasteiger partial charge in [-0.2, -0.15) is 0 Å².